The molecule has 0 aliphatic carbocycles. The molecule has 6 nitrogen and oxygen atoms in total. The van der Waals surface area contributed by atoms with Crippen LogP contribution in [0.25, 0.3) is 0 Å². The first-order chi connectivity index (χ1) is 14.3. The van der Waals surface area contributed by atoms with E-state index in [1.54, 1.807) is 43.4 Å². The Morgan fingerprint density at radius 3 is 2.53 bits per heavy atom. The van der Waals surface area contributed by atoms with E-state index < -0.39 is 4.92 Å². The number of halogens is 2. The molecule has 0 bridgehead atoms. The molecular weight excluding hydrogens is 411 g/mol. The Labute approximate surface area is 177 Å². The third-order valence-corrected chi connectivity index (χ3v) is 4.79. The summed E-state index contributed by atoms with van der Waals surface area (Å²) >= 11 is 6.14. The van der Waals surface area contributed by atoms with Gasteiger partial charge in [0.05, 0.1) is 10.5 Å². The van der Waals surface area contributed by atoms with E-state index in [-0.39, 0.29) is 30.6 Å². The van der Waals surface area contributed by atoms with Crippen molar-refractivity contribution in [2.75, 3.05) is 7.05 Å². The monoisotopic (exact) mass is 428 g/mol. The second kappa shape index (κ2) is 9.37. The molecule has 1 amide bonds. The van der Waals surface area contributed by atoms with Crippen LogP contribution in [0.5, 0.6) is 5.75 Å². The van der Waals surface area contributed by atoms with Crippen LogP contribution in [0.1, 0.15) is 21.5 Å². The van der Waals surface area contributed by atoms with Crippen LogP contribution in [-0.2, 0) is 13.2 Å². The van der Waals surface area contributed by atoms with Crippen molar-refractivity contribution in [3.63, 3.8) is 0 Å². The minimum absolute atomic E-state index is 0.0889. The lowest BCUT2D eigenvalue weighted by molar-refractivity contribution is -0.384. The molecule has 3 aromatic carbocycles. The van der Waals surface area contributed by atoms with E-state index in [1.807, 2.05) is 0 Å². The molecule has 0 heterocycles. The van der Waals surface area contributed by atoms with Crippen molar-refractivity contribution >= 4 is 23.2 Å². The van der Waals surface area contributed by atoms with Gasteiger partial charge in [0.1, 0.15) is 18.2 Å². The van der Waals surface area contributed by atoms with E-state index in [0.29, 0.717) is 21.9 Å². The highest BCUT2D eigenvalue weighted by Gasteiger charge is 2.19. The van der Waals surface area contributed by atoms with Crippen LogP contribution in [0.2, 0.25) is 5.02 Å². The molecule has 0 radical (unpaired) electrons. The van der Waals surface area contributed by atoms with Crippen LogP contribution in [0.4, 0.5) is 10.1 Å². The van der Waals surface area contributed by atoms with Gasteiger partial charge in [0.15, 0.2) is 0 Å². The normalized spacial score (nSPS) is 10.5. The maximum Gasteiger partial charge on any atom is 0.269 e. The van der Waals surface area contributed by atoms with Crippen molar-refractivity contribution in [1.29, 1.82) is 0 Å². The van der Waals surface area contributed by atoms with E-state index in [9.17, 15) is 19.3 Å². The number of para-hydroxylation sites is 1. The number of hydrogen-bond acceptors (Lipinski definition) is 4. The van der Waals surface area contributed by atoms with Gasteiger partial charge in [0.25, 0.3) is 11.6 Å². The highest BCUT2D eigenvalue weighted by atomic mass is 35.5. The number of benzene rings is 3. The maximum atomic E-state index is 13.0. The number of nitro benzene ring substituents is 1. The third kappa shape index (κ3) is 5.12. The number of ether oxygens (including phenoxy) is 1. The van der Waals surface area contributed by atoms with E-state index in [4.69, 9.17) is 16.3 Å². The molecule has 0 aromatic heterocycles. The second-order valence-corrected chi connectivity index (χ2v) is 7.01. The molecule has 3 aromatic rings. The van der Waals surface area contributed by atoms with Crippen LogP contribution in [0.3, 0.4) is 0 Å². The zero-order chi connectivity index (χ0) is 21.7. The number of rotatable bonds is 7. The average molecular weight is 429 g/mol. The van der Waals surface area contributed by atoms with Gasteiger partial charge >= 0.3 is 0 Å². The summed E-state index contributed by atoms with van der Waals surface area (Å²) in [4.78, 5) is 24.9. The highest BCUT2D eigenvalue weighted by Crippen LogP contribution is 2.25. The summed E-state index contributed by atoms with van der Waals surface area (Å²) in [5, 5.41) is 11.3. The molecular formula is C22H18ClFN2O4. The van der Waals surface area contributed by atoms with E-state index in [1.165, 1.54) is 35.2 Å². The average Bonchev–Trinajstić information content (AvgIpc) is 2.74. The van der Waals surface area contributed by atoms with Crippen molar-refractivity contribution in [2.24, 2.45) is 0 Å². The Bertz CT molecular complexity index is 1070. The van der Waals surface area contributed by atoms with Gasteiger partial charge in [-0.05, 0) is 41.5 Å². The SMILES string of the molecule is CN(Cc1cc([N+](=O)[O-])ccc1Cl)C(=O)c1ccccc1OCc1ccc(F)cc1. The first-order valence-corrected chi connectivity index (χ1v) is 9.37. The summed E-state index contributed by atoms with van der Waals surface area (Å²) in [6.45, 7) is 0.261. The number of carbonyl (C=O) groups is 1. The van der Waals surface area contributed by atoms with Gasteiger partial charge in [-0.25, -0.2) is 4.39 Å². The number of nitro groups is 1. The van der Waals surface area contributed by atoms with E-state index >= 15 is 0 Å². The van der Waals surface area contributed by atoms with Gasteiger partial charge in [0, 0.05) is 30.7 Å². The predicted octanol–water partition coefficient (Wildman–Crippen LogP) is 5.24. The number of non-ortho nitro benzene ring substituents is 1. The molecule has 0 aliphatic heterocycles. The smallest absolute Gasteiger partial charge is 0.269 e. The minimum Gasteiger partial charge on any atom is -0.488 e. The van der Waals surface area contributed by atoms with Gasteiger partial charge in [-0.15, -0.1) is 0 Å². The lowest BCUT2D eigenvalue weighted by Crippen LogP contribution is -2.26. The van der Waals surface area contributed by atoms with E-state index in [2.05, 4.69) is 0 Å². The van der Waals surface area contributed by atoms with Crippen molar-refractivity contribution in [2.45, 2.75) is 13.2 Å². The summed E-state index contributed by atoms with van der Waals surface area (Å²) < 4.78 is 18.8. The first kappa shape index (κ1) is 21.3. The van der Waals surface area contributed by atoms with Crippen molar-refractivity contribution in [1.82, 2.24) is 4.90 Å². The Hall–Kier alpha value is -3.45. The fraction of sp³-hybridized carbons (Fsp3) is 0.136. The van der Waals surface area contributed by atoms with Crippen LogP contribution in [-0.4, -0.2) is 22.8 Å². The second-order valence-electron chi connectivity index (χ2n) is 6.61. The number of hydrogen-bond donors (Lipinski definition) is 0. The van der Waals surface area contributed by atoms with Crippen LogP contribution in [0, 0.1) is 15.9 Å². The molecule has 0 fully saturated rings. The Balaban J connectivity index is 1.75. The molecule has 0 N–H and O–H groups in total. The largest absolute Gasteiger partial charge is 0.488 e. The number of nitrogens with zero attached hydrogens (tertiary/aromatic N) is 2. The molecule has 0 spiro atoms. The molecule has 0 atom stereocenters. The fourth-order valence-electron chi connectivity index (χ4n) is 2.84. The first-order valence-electron chi connectivity index (χ1n) is 8.99. The zero-order valence-electron chi connectivity index (χ0n) is 16.0. The number of carbonyl (C=O) groups excluding carboxylic acids is 1. The summed E-state index contributed by atoms with van der Waals surface area (Å²) in [7, 11) is 1.58. The van der Waals surface area contributed by atoms with Gasteiger partial charge in [-0.3, -0.25) is 14.9 Å². The van der Waals surface area contributed by atoms with Crippen molar-refractivity contribution < 1.29 is 18.8 Å². The topological polar surface area (TPSA) is 72.7 Å². The minimum atomic E-state index is -0.514. The van der Waals surface area contributed by atoms with Crippen LogP contribution in [0.15, 0.2) is 66.7 Å². The molecule has 0 aliphatic rings. The summed E-state index contributed by atoms with van der Waals surface area (Å²) in [5.41, 5.74) is 1.46. The van der Waals surface area contributed by atoms with Gasteiger partial charge in [-0.2, -0.15) is 0 Å². The molecule has 0 saturated heterocycles. The third-order valence-electron chi connectivity index (χ3n) is 4.42. The van der Waals surface area contributed by atoms with Crippen LogP contribution < -0.4 is 4.74 Å². The van der Waals surface area contributed by atoms with Crippen molar-refractivity contribution in [3.05, 3.63) is 104 Å². The van der Waals surface area contributed by atoms with Gasteiger partial charge in [0.2, 0.25) is 0 Å². The van der Waals surface area contributed by atoms with E-state index in [0.717, 1.165) is 5.56 Å². The fourth-order valence-corrected chi connectivity index (χ4v) is 3.02. The summed E-state index contributed by atoms with van der Waals surface area (Å²) in [5.74, 6) is -0.285. The standard InChI is InChI=1S/C22H18ClFN2O4/c1-25(13-16-12-18(26(28)29)10-11-20(16)23)22(27)19-4-2-3-5-21(19)30-14-15-6-8-17(24)9-7-15/h2-12H,13-14H2,1H3. The Kier molecular flexibility index (Phi) is 6.64. The maximum absolute atomic E-state index is 13.0. The highest BCUT2D eigenvalue weighted by molar-refractivity contribution is 6.31. The molecule has 30 heavy (non-hydrogen) atoms. The van der Waals surface area contributed by atoms with Crippen molar-refractivity contribution in [3.8, 4) is 5.75 Å². The summed E-state index contributed by atoms with van der Waals surface area (Å²) in [6.07, 6.45) is 0. The zero-order valence-corrected chi connectivity index (χ0v) is 16.8. The van der Waals surface area contributed by atoms with Crippen LogP contribution >= 0.6 is 11.6 Å². The lowest BCUT2D eigenvalue weighted by Gasteiger charge is -2.20. The quantitative estimate of drug-likeness (QED) is 0.381. The number of amides is 1. The Morgan fingerprint density at radius 2 is 1.83 bits per heavy atom. The molecule has 3 rings (SSSR count). The van der Waals surface area contributed by atoms with Gasteiger partial charge in [-0.1, -0.05) is 35.9 Å². The molecule has 154 valence electrons. The predicted molar refractivity (Wildman–Crippen MR) is 111 cm³/mol. The molecule has 8 heteroatoms. The lowest BCUT2D eigenvalue weighted by atomic mass is 10.1. The Morgan fingerprint density at radius 1 is 1.13 bits per heavy atom. The molecule has 0 unspecified atom stereocenters. The molecule has 0 saturated carbocycles. The van der Waals surface area contributed by atoms with Gasteiger partial charge < -0.3 is 9.64 Å². The summed E-state index contributed by atoms with van der Waals surface area (Å²) in [6, 6.07) is 16.8.